The summed E-state index contributed by atoms with van der Waals surface area (Å²) in [7, 11) is 3.48. The van der Waals surface area contributed by atoms with Crippen molar-refractivity contribution < 1.29 is 43.3 Å². The topological polar surface area (TPSA) is 192 Å². The molecule has 2 fully saturated rings. The van der Waals surface area contributed by atoms with Crippen LogP contribution in [-0.4, -0.2) is 149 Å². The van der Waals surface area contributed by atoms with Gasteiger partial charge in [0, 0.05) is 37.3 Å². The van der Waals surface area contributed by atoms with E-state index in [1.165, 1.54) is 0 Å². The van der Waals surface area contributed by atoms with Crippen molar-refractivity contribution in [3.8, 4) is 0 Å². The van der Waals surface area contributed by atoms with Crippen molar-refractivity contribution in [3.05, 3.63) is 23.3 Å². The van der Waals surface area contributed by atoms with Crippen LogP contribution in [0.25, 0.3) is 0 Å². The van der Waals surface area contributed by atoms with E-state index in [-0.39, 0.29) is 83.5 Å². The van der Waals surface area contributed by atoms with Gasteiger partial charge >= 0.3 is 17.9 Å². The molecule has 16 heteroatoms. The smallest absolute Gasteiger partial charge is 0.333 e. The highest BCUT2D eigenvalue weighted by Crippen LogP contribution is 2.27. The van der Waals surface area contributed by atoms with E-state index in [0.717, 1.165) is 64.5 Å². The second-order valence-corrected chi connectivity index (χ2v) is 22.0. The molecule has 70 heavy (non-hydrogen) atoms. The zero-order chi connectivity index (χ0) is 53.7. The molecule has 0 spiro atoms. The number of halogens is 1. The predicted molar refractivity (Wildman–Crippen MR) is 285 cm³/mol. The van der Waals surface area contributed by atoms with Crippen LogP contribution >= 0.6 is 12.4 Å². The van der Waals surface area contributed by atoms with E-state index in [0.29, 0.717) is 36.4 Å². The number of carboxylic acid groups (broad SMARTS) is 1. The summed E-state index contributed by atoms with van der Waals surface area (Å²) >= 11 is 0. The molecular formula is C54H101ClN6O9. The van der Waals surface area contributed by atoms with Crippen molar-refractivity contribution in [1.82, 2.24) is 24.9 Å². The number of esters is 2. The molecule has 2 saturated heterocycles. The summed E-state index contributed by atoms with van der Waals surface area (Å²) in [6.07, 6.45) is 11.6. The largest absolute Gasteiger partial charge is 0.480 e. The van der Waals surface area contributed by atoms with Gasteiger partial charge in [-0.2, -0.15) is 0 Å². The number of carboxylic acids is 1. The van der Waals surface area contributed by atoms with E-state index in [4.69, 9.17) is 20.3 Å². The summed E-state index contributed by atoms with van der Waals surface area (Å²) in [5, 5.41) is 12.1. The molecule has 0 aromatic carbocycles. The molecule has 8 atom stereocenters. The van der Waals surface area contributed by atoms with Gasteiger partial charge in [-0.15, -0.1) is 12.4 Å². The van der Waals surface area contributed by atoms with Crippen LogP contribution in [0.4, 0.5) is 0 Å². The highest BCUT2D eigenvalue weighted by Gasteiger charge is 2.40. The number of hydrogen-bond donors (Lipinski definition) is 3. The molecule has 15 nitrogen and oxygen atoms in total. The molecule has 408 valence electrons. The maximum atomic E-state index is 13.8. The van der Waals surface area contributed by atoms with Crippen molar-refractivity contribution in [1.29, 1.82) is 0 Å². The van der Waals surface area contributed by atoms with Gasteiger partial charge in [0.15, 0.2) is 0 Å². The first-order valence-corrected chi connectivity index (χ1v) is 25.9. The number of ether oxygens (including phenoxy) is 2. The van der Waals surface area contributed by atoms with Gasteiger partial charge in [0.25, 0.3) is 0 Å². The van der Waals surface area contributed by atoms with Gasteiger partial charge in [-0.3, -0.25) is 29.0 Å². The number of nitrogens with zero attached hydrogens (tertiary/aromatic N) is 4. The van der Waals surface area contributed by atoms with Crippen LogP contribution in [0.1, 0.15) is 176 Å². The van der Waals surface area contributed by atoms with E-state index >= 15 is 0 Å². The molecule has 2 aliphatic rings. The lowest BCUT2D eigenvalue weighted by molar-refractivity contribution is -0.146. The third kappa shape index (κ3) is 22.1. The summed E-state index contributed by atoms with van der Waals surface area (Å²) in [5.41, 5.74) is 6.26. The zero-order valence-electron chi connectivity index (χ0n) is 47.4. The fourth-order valence-corrected chi connectivity index (χ4v) is 8.59. The highest BCUT2D eigenvalue weighted by atomic mass is 35.5. The third-order valence-corrected chi connectivity index (χ3v) is 13.6. The zero-order valence-corrected chi connectivity index (χ0v) is 48.2. The van der Waals surface area contributed by atoms with E-state index in [1.54, 1.807) is 63.7 Å². The molecule has 3 amide bonds. The fourth-order valence-electron chi connectivity index (χ4n) is 8.59. The molecule has 0 aromatic heterocycles. The van der Waals surface area contributed by atoms with Gasteiger partial charge in [-0.1, -0.05) is 108 Å². The lowest BCUT2D eigenvalue weighted by atomic mass is 9.84. The van der Waals surface area contributed by atoms with Crippen LogP contribution in [0, 0.1) is 22.7 Å². The van der Waals surface area contributed by atoms with Gasteiger partial charge < -0.3 is 35.4 Å². The Balaban J connectivity index is 0. The number of likely N-dealkylation sites (tertiary alicyclic amines) is 2. The normalized spacial score (nSPS) is 19.8. The number of rotatable bonds is 19. The molecular weight excluding hydrogens is 912 g/mol. The summed E-state index contributed by atoms with van der Waals surface area (Å²) in [6.45, 7) is 37.7. The van der Waals surface area contributed by atoms with Gasteiger partial charge in [0.1, 0.15) is 12.1 Å². The number of likely N-dealkylation sites (N-methyl/N-ethyl adjacent to an activating group) is 2. The van der Waals surface area contributed by atoms with Crippen LogP contribution < -0.4 is 11.1 Å². The Morgan fingerprint density at radius 3 is 1.36 bits per heavy atom. The second kappa shape index (κ2) is 32.5. The van der Waals surface area contributed by atoms with Crippen LogP contribution in [0.3, 0.4) is 0 Å². The van der Waals surface area contributed by atoms with E-state index < -0.39 is 23.5 Å². The van der Waals surface area contributed by atoms with Crippen LogP contribution in [0.15, 0.2) is 23.3 Å². The van der Waals surface area contributed by atoms with Crippen molar-refractivity contribution >= 4 is 48.0 Å². The minimum atomic E-state index is -0.678. The Hall–Kier alpha value is -3.53. The molecule has 2 heterocycles. The lowest BCUT2D eigenvalue weighted by Crippen LogP contribution is -2.60. The third-order valence-electron chi connectivity index (χ3n) is 13.6. The summed E-state index contributed by atoms with van der Waals surface area (Å²) in [6, 6.07) is -1.49. The van der Waals surface area contributed by atoms with Crippen LogP contribution in [0.5, 0.6) is 0 Å². The molecule has 2 aliphatic heterocycles. The molecule has 0 radical (unpaired) electrons. The summed E-state index contributed by atoms with van der Waals surface area (Å²) in [5.74, 6) is -1.50. The quantitative estimate of drug-likeness (QED) is 0.0826. The van der Waals surface area contributed by atoms with Gasteiger partial charge in [0.2, 0.25) is 17.7 Å². The Kier molecular flexibility index (Phi) is 31.8. The van der Waals surface area contributed by atoms with Crippen LogP contribution in [0.2, 0.25) is 0 Å². The number of amides is 3. The maximum absolute atomic E-state index is 13.8. The van der Waals surface area contributed by atoms with Gasteiger partial charge in [-0.05, 0) is 116 Å². The van der Waals surface area contributed by atoms with Crippen molar-refractivity contribution in [3.63, 3.8) is 0 Å². The number of piperidine rings is 2. The second-order valence-electron chi connectivity index (χ2n) is 22.0. The van der Waals surface area contributed by atoms with Crippen molar-refractivity contribution in [2.24, 2.45) is 28.4 Å². The van der Waals surface area contributed by atoms with Crippen LogP contribution in [-0.2, 0) is 38.2 Å². The summed E-state index contributed by atoms with van der Waals surface area (Å²) in [4.78, 5) is 82.4. The van der Waals surface area contributed by atoms with E-state index in [2.05, 4.69) is 42.8 Å². The Labute approximate surface area is 431 Å². The minimum absolute atomic E-state index is 0. The number of aliphatic carboxylic acids is 1. The van der Waals surface area contributed by atoms with Gasteiger partial charge in [0.05, 0.1) is 37.4 Å². The minimum Gasteiger partial charge on any atom is -0.480 e. The number of carbonyl (C=O) groups is 6. The monoisotopic (exact) mass is 1010 g/mol. The van der Waals surface area contributed by atoms with E-state index in [9.17, 15) is 28.8 Å². The fraction of sp³-hybridized carbons (Fsp3) is 0.815. The first-order valence-electron chi connectivity index (χ1n) is 25.9. The molecule has 3 unspecified atom stereocenters. The summed E-state index contributed by atoms with van der Waals surface area (Å²) < 4.78 is 10.1. The number of nitrogens with one attached hydrogen (secondary N) is 1. The Bertz CT molecular complexity index is 1690. The number of hydrogen-bond acceptors (Lipinski definition) is 11. The Morgan fingerprint density at radius 2 is 1.03 bits per heavy atom. The average Bonchev–Trinajstić information content (AvgIpc) is 3.29. The highest BCUT2D eigenvalue weighted by molar-refractivity contribution is 5.91. The maximum Gasteiger partial charge on any atom is 0.333 e. The molecule has 0 bridgehead atoms. The van der Waals surface area contributed by atoms with Gasteiger partial charge in [-0.25, -0.2) is 9.59 Å². The molecule has 0 aliphatic carbocycles. The first-order chi connectivity index (χ1) is 31.8. The lowest BCUT2D eigenvalue weighted by Gasteiger charge is -2.41. The first kappa shape index (κ1) is 68.5. The number of nitrogens with two attached hydrogens (primary N) is 1. The average molecular weight is 1010 g/mol. The van der Waals surface area contributed by atoms with Crippen molar-refractivity contribution in [2.45, 2.75) is 224 Å². The van der Waals surface area contributed by atoms with Crippen molar-refractivity contribution in [2.75, 3.05) is 40.4 Å². The predicted octanol–water partition coefficient (Wildman–Crippen LogP) is 8.66. The molecule has 2 rings (SSSR count). The Morgan fingerprint density at radius 1 is 0.657 bits per heavy atom. The number of carbonyl (C=O) groups excluding carboxylic acids is 5. The molecule has 4 N–H and O–H groups in total. The molecule has 0 aromatic rings. The standard InChI is InChI=1S/C27H49N3O4.C17H32N2O3.C10H19NO2.ClH/c1-11-20(6)30-16-14-13-15-21(30)24(31)28-23(27(7,8)9)25(32)29(10)22(18(3)4)17-19(5)26(33)34-12-2;1-9-22-16(21)12(4)10-13(11(2)3)19(8)15(20)14(18)17(5,6)7;1-3-8(2)11-7-5-4-6-9(11)10(12)13;/h17-18,20-23H,11-16H2,1-10H3,(H,28,31);10-11,13-14H,9,18H2,1-8H3;8-9H,3-7H2,1-2H3,(H,12,13);1H/b19-17+;12-10+;;/t20?,21-,22-,23?;13-,14-;8?,9-;/m111./s1. The van der Waals surface area contributed by atoms with E-state index in [1.807, 2.05) is 69.2 Å². The SMILES string of the molecule is CCC(C)N1CCCC[C@@H]1C(=O)O.CCOC(=O)/C(C)=C/[C@H](C(C)C)N(C)C(=O)C(NC(=O)[C@H]1CCCCN1C(C)CC)C(C)(C)C.CCOC(=O)/C(C)=C/[C@H](C(C)C)N(C)C(=O)[C@@H](N)C(C)(C)C.Cl. The molecule has 0 saturated carbocycles.